The molecule has 0 aromatic carbocycles. The Morgan fingerprint density at radius 1 is 1.41 bits per heavy atom. The normalized spacial score (nSPS) is 22.8. The van der Waals surface area contributed by atoms with Gasteiger partial charge < -0.3 is 20.0 Å². The second-order valence-electron chi connectivity index (χ2n) is 4.68. The zero-order chi connectivity index (χ0) is 12.3. The molecule has 0 radical (unpaired) electrons. The van der Waals surface area contributed by atoms with Gasteiger partial charge in [0.2, 0.25) is 5.89 Å². The van der Waals surface area contributed by atoms with Crippen molar-refractivity contribution >= 4 is 6.01 Å². The van der Waals surface area contributed by atoms with E-state index in [-0.39, 0.29) is 0 Å². The van der Waals surface area contributed by atoms with Gasteiger partial charge in [-0.3, -0.25) is 0 Å². The van der Waals surface area contributed by atoms with E-state index in [2.05, 4.69) is 34.0 Å². The molecule has 96 valence electrons. The number of likely N-dealkylation sites (N-methyl/N-ethyl adjacent to an activating group) is 1. The summed E-state index contributed by atoms with van der Waals surface area (Å²) in [5, 5.41) is 8.12. The molecular formula is C11H21N5O. The molecule has 2 N–H and O–H groups in total. The molecule has 1 aliphatic heterocycles. The van der Waals surface area contributed by atoms with E-state index in [1.54, 1.807) is 0 Å². The van der Waals surface area contributed by atoms with Crippen molar-refractivity contribution in [2.45, 2.75) is 25.8 Å². The fourth-order valence-electron chi connectivity index (χ4n) is 2.24. The Balaban J connectivity index is 2.08. The second kappa shape index (κ2) is 5.46. The van der Waals surface area contributed by atoms with Crippen molar-refractivity contribution in [2.75, 3.05) is 38.1 Å². The Bertz CT molecular complexity index is 353. The van der Waals surface area contributed by atoms with Crippen molar-refractivity contribution in [3.8, 4) is 0 Å². The van der Waals surface area contributed by atoms with E-state index in [1.165, 1.54) is 0 Å². The van der Waals surface area contributed by atoms with Crippen molar-refractivity contribution in [3.63, 3.8) is 0 Å². The van der Waals surface area contributed by atoms with Gasteiger partial charge in [-0.25, -0.2) is 0 Å². The highest BCUT2D eigenvalue weighted by Crippen LogP contribution is 2.18. The van der Waals surface area contributed by atoms with Gasteiger partial charge in [0.05, 0.1) is 0 Å². The summed E-state index contributed by atoms with van der Waals surface area (Å²) in [6.07, 6.45) is 1.77. The number of nitrogens with zero attached hydrogens (tertiary/aromatic N) is 4. The third kappa shape index (κ3) is 2.95. The number of rotatable bonds is 3. The fraction of sp³-hybridized carbons (Fsp3) is 0.818. The van der Waals surface area contributed by atoms with E-state index in [9.17, 15) is 0 Å². The minimum atomic E-state index is 0.397. The first kappa shape index (κ1) is 12.3. The van der Waals surface area contributed by atoms with Gasteiger partial charge in [0.1, 0.15) is 0 Å². The van der Waals surface area contributed by atoms with Crippen molar-refractivity contribution in [1.82, 2.24) is 15.1 Å². The number of hydrogen-bond donors (Lipinski definition) is 1. The SMILES string of the molecule is CC1CN(C)CCCN1c1nnc(CCN)o1. The summed E-state index contributed by atoms with van der Waals surface area (Å²) in [4.78, 5) is 4.53. The molecule has 17 heavy (non-hydrogen) atoms. The van der Waals surface area contributed by atoms with E-state index in [0.29, 0.717) is 30.9 Å². The molecule has 6 nitrogen and oxygen atoms in total. The van der Waals surface area contributed by atoms with Gasteiger partial charge in [0.25, 0.3) is 0 Å². The van der Waals surface area contributed by atoms with Gasteiger partial charge in [-0.2, -0.15) is 0 Å². The summed E-state index contributed by atoms with van der Waals surface area (Å²) in [5.41, 5.74) is 5.47. The molecule has 1 aromatic heterocycles. The van der Waals surface area contributed by atoms with Crippen LogP contribution in [0.15, 0.2) is 4.42 Å². The Labute approximate surface area is 102 Å². The number of anilines is 1. The summed E-state index contributed by atoms with van der Waals surface area (Å²) in [6.45, 7) is 5.84. The maximum Gasteiger partial charge on any atom is 0.318 e. The van der Waals surface area contributed by atoms with Crippen molar-refractivity contribution in [2.24, 2.45) is 5.73 Å². The zero-order valence-electron chi connectivity index (χ0n) is 10.6. The predicted molar refractivity (Wildman–Crippen MR) is 66.0 cm³/mol. The topological polar surface area (TPSA) is 71.4 Å². The van der Waals surface area contributed by atoms with Crippen molar-refractivity contribution < 1.29 is 4.42 Å². The fourth-order valence-corrected chi connectivity index (χ4v) is 2.24. The molecule has 1 saturated heterocycles. The average Bonchev–Trinajstić information content (AvgIpc) is 2.66. The highest BCUT2D eigenvalue weighted by atomic mass is 16.4. The lowest BCUT2D eigenvalue weighted by molar-refractivity contribution is 0.334. The Morgan fingerprint density at radius 3 is 3.00 bits per heavy atom. The van der Waals surface area contributed by atoms with Crippen LogP contribution in [0.3, 0.4) is 0 Å². The zero-order valence-corrected chi connectivity index (χ0v) is 10.6. The summed E-state index contributed by atoms with van der Waals surface area (Å²) in [7, 11) is 2.15. The standard InChI is InChI=1S/C11H21N5O/c1-9-8-15(2)6-3-7-16(9)11-14-13-10(17-11)4-5-12/h9H,3-8,12H2,1-2H3. The van der Waals surface area contributed by atoms with Crippen LogP contribution < -0.4 is 10.6 Å². The lowest BCUT2D eigenvalue weighted by Gasteiger charge is -2.25. The molecule has 1 aliphatic rings. The van der Waals surface area contributed by atoms with Gasteiger partial charge >= 0.3 is 6.01 Å². The second-order valence-corrected chi connectivity index (χ2v) is 4.68. The van der Waals surface area contributed by atoms with Crippen molar-refractivity contribution in [3.05, 3.63) is 5.89 Å². The van der Waals surface area contributed by atoms with Crippen LogP contribution in [0, 0.1) is 0 Å². The number of aromatic nitrogens is 2. The molecule has 6 heteroatoms. The van der Waals surface area contributed by atoms with Crippen molar-refractivity contribution in [1.29, 1.82) is 0 Å². The average molecular weight is 239 g/mol. The minimum absolute atomic E-state index is 0.397. The first-order valence-electron chi connectivity index (χ1n) is 6.18. The van der Waals surface area contributed by atoms with Crippen LogP contribution in [0.5, 0.6) is 0 Å². The largest absolute Gasteiger partial charge is 0.408 e. The number of hydrogen-bond acceptors (Lipinski definition) is 6. The van der Waals surface area contributed by atoms with E-state index < -0.39 is 0 Å². The predicted octanol–water partition coefficient (Wildman–Crippen LogP) is 0.101. The number of nitrogens with two attached hydrogens (primary N) is 1. The summed E-state index contributed by atoms with van der Waals surface area (Å²) in [6, 6.07) is 1.03. The van der Waals surface area contributed by atoms with Gasteiger partial charge in [0.15, 0.2) is 0 Å². The van der Waals surface area contributed by atoms with E-state index >= 15 is 0 Å². The van der Waals surface area contributed by atoms with Crippen LogP contribution in [0.4, 0.5) is 6.01 Å². The van der Waals surface area contributed by atoms with E-state index in [4.69, 9.17) is 10.2 Å². The molecule has 0 aliphatic carbocycles. The van der Waals surface area contributed by atoms with Gasteiger partial charge in [-0.15, -0.1) is 5.10 Å². The van der Waals surface area contributed by atoms with Crippen LogP contribution in [0.1, 0.15) is 19.2 Å². The Hall–Kier alpha value is -1.14. The van der Waals surface area contributed by atoms with E-state index in [0.717, 1.165) is 26.1 Å². The maximum absolute atomic E-state index is 5.63. The lowest BCUT2D eigenvalue weighted by Crippen LogP contribution is -2.38. The first-order valence-corrected chi connectivity index (χ1v) is 6.18. The third-order valence-electron chi connectivity index (χ3n) is 3.11. The first-order chi connectivity index (χ1) is 8.20. The molecular weight excluding hydrogens is 218 g/mol. The molecule has 1 unspecified atom stereocenters. The molecule has 0 saturated carbocycles. The highest BCUT2D eigenvalue weighted by Gasteiger charge is 2.23. The monoisotopic (exact) mass is 239 g/mol. The van der Waals surface area contributed by atoms with Gasteiger partial charge in [-0.1, -0.05) is 5.10 Å². The smallest absolute Gasteiger partial charge is 0.318 e. The third-order valence-corrected chi connectivity index (χ3v) is 3.11. The molecule has 0 bridgehead atoms. The highest BCUT2D eigenvalue weighted by molar-refractivity contribution is 5.26. The van der Waals surface area contributed by atoms with Crippen LogP contribution in [-0.2, 0) is 6.42 Å². The quantitative estimate of drug-likeness (QED) is 0.806. The molecule has 0 spiro atoms. The summed E-state index contributed by atoms with van der Waals surface area (Å²) < 4.78 is 5.63. The maximum atomic E-state index is 5.63. The van der Waals surface area contributed by atoms with Crippen LogP contribution in [0.2, 0.25) is 0 Å². The van der Waals surface area contributed by atoms with E-state index in [1.807, 2.05) is 0 Å². The Morgan fingerprint density at radius 2 is 2.24 bits per heavy atom. The molecule has 1 fully saturated rings. The minimum Gasteiger partial charge on any atom is -0.408 e. The molecule has 1 aromatic rings. The summed E-state index contributed by atoms with van der Waals surface area (Å²) in [5.74, 6) is 0.632. The molecule has 1 atom stereocenters. The van der Waals surface area contributed by atoms with Gasteiger partial charge in [-0.05, 0) is 26.9 Å². The lowest BCUT2D eigenvalue weighted by atomic mass is 10.3. The van der Waals surface area contributed by atoms with Crippen LogP contribution in [0.25, 0.3) is 0 Å². The van der Waals surface area contributed by atoms with Gasteiger partial charge in [0, 0.05) is 32.1 Å². The van der Waals surface area contributed by atoms with Crippen LogP contribution >= 0.6 is 0 Å². The Kier molecular flexibility index (Phi) is 3.96. The molecule has 2 rings (SSSR count). The molecule has 0 amide bonds. The summed E-state index contributed by atoms with van der Waals surface area (Å²) >= 11 is 0. The molecule has 2 heterocycles. The van der Waals surface area contributed by atoms with Crippen LogP contribution in [-0.4, -0.2) is 54.4 Å².